The molecular weight excluding hydrogens is 281 g/mol. The molecule has 19 heavy (non-hydrogen) atoms. The molecule has 0 aliphatic rings. The van der Waals surface area contributed by atoms with Crippen LogP contribution in [-0.4, -0.2) is 16.7 Å². The highest BCUT2D eigenvalue weighted by molar-refractivity contribution is 8.00. The zero-order valence-corrected chi connectivity index (χ0v) is 11.7. The average Bonchev–Trinajstić information content (AvgIpc) is 2.91. The van der Waals surface area contributed by atoms with Gasteiger partial charge in [-0.2, -0.15) is 0 Å². The lowest BCUT2D eigenvalue weighted by atomic mass is 10.1. The second kappa shape index (κ2) is 7.29. The minimum Gasteiger partial charge on any atom is -0.395 e. The normalized spacial score (nSPS) is 10.0. The second-order valence-corrected chi connectivity index (χ2v) is 5.78. The lowest BCUT2D eigenvalue weighted by Gasteiger charge is -2.03. The summed E-state index contributed by atoms with van der Waals surface area (Å²) < 4.78 is 14.2. The van der Waals surface area contributed by atoms with Crippen LogP contribution in [0.15, 0.2) is 34.1 Å². The summed E-state index contributed by atoms with van der Waals surface area (Å²) in [5.74, 6) is 6.14. The molecule has 2 rings (SSSR count). The fourth-order valence-corrected chi connectivity index (χ4v) is 3.07. The quantitative estimate of drug-likeness (QED) is 0.693. The first-order chi connectivity index (χ1) is 9.29. The van der Waals surface area contributed by atoms with Crippen molar-refractivity contribution in [1.82, 2.24) is 4.98 Å². The van der Waals surface area contributed by atoms with Gasteiger partial charge in [-0.1, -0.05) is 29.7 Å². The van der Waals surface area contributed by atoms with Crippen LogP contribution in [0.5, 0.6) is 0 Å². The van der Waals surface area contributed by atoms with E-state index < -0.39 is 0 Å². The summed E-state index contributed by atoms with van der Waals surface area (Å²) in [5.41, 5.74) is 1.66. The molecule has 0 saturated heterocycles. The standard InChI is InChI=1S/C14H12FNOS2/c15-13-5-4-12(10-19-14-16-6-8-18-14)11(9-13)3-1-2-7-17/h4-6,8-9,17H,2,7,10H2. The maximum atomic E-state index is 13.2. The van der Waals surface area contributed by atoms with Crippen molar-refractivity contribution in [3.8, 4) is 11.8 Å². The van der Waals surface area contributed by atoms with Crippen molar-refractivity contribution in [1.29, 1.82) is 0 Å². The average molecular weight is 293 g/mol. The van der Waals surface area contributed by atoms with Crippen molar-refractivity contribution in [2.75, 3.05) is 6.61 Å². The molecule has 5 heteroatoms. The van der Waals surface area contributed by atoms with E-state index in [2.05, 4.69) is 16.8 Å². The number of hydrogen-bond donors (Lipinski definition) is 1. The minimum atomic E-state index is -0.295. The number of nitrogens with zero attached hydrogens (tertiary/aromatic N) is 1. The number of aromatic nitrogens is 1. The molecule has 0 spiro atoms. The van der Waals surface area contributed by atoms with Gasteiger partial charge in [0.25, 0.3) is 0 Å². The highest BCUT2D eigenvalue weighted by atomic mass is 32.2. The van der Waals surface area contributed by atoms with E-state index in [1.807, 2.05) is 5.38 Å². The lowest BCUT2D eigenvalue weighted by molar-refractivity contribution is 0.305. The van der Waals surface area contributed by atoms with Gasteiger partial charge in [-0.25, -0.2) is 9.37 Å². The van der Waals surface area contributed by atoms with Crippen LogP contribution in [0.4, 0.5) is 4.39 Å². The van der Waals surface area contributed by atoms with E-state index in [-0.39, 0.29) is 12.4 Å². The maximum Gasteiger partial charge on any atom is 0.150 e. The Morgan fingerprint density at radius 2 is 2.32 bits per heavy atom. The molecule has 1 aromatic heterocycles. The molecule has 0 unspecified atom stereocenters. The van der Waals surface area contributed by atoms with E-state index in [9.17, 15) is 4.39 Å². The van der Waals surface area contributed by atoms with E-state index >= 15 is 0 Å². The van der Waals surface area contributed by atoms with Crippen LogP contribution < -0.4 is 0 Å². The Morgan fingerprint density at radius 3 is 3.05 bits per heavy atom. The molecule has 0 saturated carbocycles. The molecule has 0 bridgehead atoms. The fourth-order valence-electron chi connectivity index (χ4n) is 1.43. The van der Waals surface area contributed by atoms with Crippen molar-refractivity contribution in [3.05, 3.63) is 46.7 Å². The first kappa shape index (κ1) is 14.1. The molecule has 0 atom stereocenters. The van der Waals surface area contributed by atoms with E-state index in [1.54, 1.807) is 35.4 Å². The lowest BCUT2D eigenvalue weighted by Crippen LogP contribution is -1.90. The van der Waals surface area contributed by atoms with Crippen molar-refractivity contribution in [2.45, 2.75) is 16.5 Å². The summed E-state index contributed by atoms with van der Waals surface area (Å²) >= 11 is 3.19. The molecule has 0 aliphatic carbocycles. The molecule has 1 heterocycles. The zero-order valence-electron chi connectivity index (χ0n) is 10.1. The van der Waals surface area contributed by atoms with Crippen LogP contribution in [0.25, 0.3) is 0 Å². The van der Waals surface area contributed by atoms with Crippen molar-refractivity contribution in [2.24, 2.45) is 0 Å². The Balaban J connectivity index is 2.12. The number of benzene rings is 1. The zero-order chi connectivity index (χ0) is 13.5. The Kier molecular flexibility index (Phi) is 5.40. The SMILES string of the molecule is OCCC#Cc1cc(F)ccc1CSc1nccs1. The second-order valence-electron chi connectivity index (χ2n) is 3.66. The van der Waals surface area contributed by atoms with Gasteiger partial charge in [-0.05, 0) is 17.7 Å². The number of hydrogen-bond acceptors (Lipinski definition) is 4. The third-order valence-corrected chi connectivity index (χ3v) is 4.31. The predicted molar refractivity (Wildman–Crippen MR) is 76.7 cm³/mol. The van der Waals surface area contributed by atoms with Crippen LogP contribution in [0, 0.1) is 17.7 Å². The summed E-state index contributed by atoms with van der Waals surface area (Å²) in [6.07, 6.45) is 2.16. The van der Waals surface area contributed by atoms with Gasteiger partial charge < -0.3 is 5.11 Å². The molecule has 0 aliphatic heterocycles. The van der Waals surface area contributed by atoms with Gasteiger partial charge in [0.2, 0.25) is 0 Å². The minimum absolute atomic E-state index is 0.0194. The third kappa shape index (κ3) is 4.35. The smallest absolute Gasteiger partial charge is 0.150 e. The molecule has 98 valence electrons. The van der Waals surface area contributed by atoms with Crippen molar-refractivity contribution >= 4 is 23.1 Å². The topological polar surface area (TPSA) is 33.1 Å². The molecular formula is C14H12FNOS2. The van der Waals surface area contributed by atoms with Crippen LogP contribution in [0.3, 0.4) is 0 Å². The van der Waals surface area contributed by atoms with Gasteiger partial charge in [0.15, 0.2) is 0 Å². The van der Waals surface area contributed by atoms with Crippen LogP contribution in [0.1, 0.15) is 17.5 Å². The maximum absolute atomic E-state index is 13.2. The van der Waals surface area contributed by atoms with Crippen LogP contribution >= 0.6 is 23.1 Å². The highest BCUT2D eigenvalue weighted by Gasteiger charge is 2.04. The van der Waals surface area contributed by atoms with Gasteiger partial charge in [0, 0.05) is 29.3 Å². The Morgan fingerprint density at radius 1 is 1.42 bits per heavy atom. The van der Waals surface area contributed by atoms with E-state index in [0.29, 0.717) is 17.7 Å². The monoisotopic (exact) mass is 293 g/mol. The Labute approximate surface area is 119 Å². The van der Waals surface area contributed by atoms with Crippen LogP contribution in [-0.2, 0) is 5.75 Å². The highest BCUT2D eigenvalue weighted by Crippen LogP contribution is 2.26. The molecule has 0 radical (unpaired) electrons. The summed E-state index contributed by atoms with van der Waals surface area (Å²) in [5, 5.41) is 10.6. The third-order valence-electron chi connectivity index (χ3n) is 2.29. The summed E-state index contributed by atoms with van der Waals surface area (Å²) in [7, 11) is 0. The number of aliphatic hydroxyl groups is 1. The van der Waals surface area contributed by atoms with Gasteiger partial charge in [0.05, 0.1) is 6.61 Å². The number of rotatable bonds is 4. The molecule has 0 amide bonds. The number of aliphatic hydroxyl groups excluding tert-OH is 1. The number of thioether (sulfide) groups is 1. The van der Waals surface area contributed by atoms with Gasteiger partial charge in [0.1, 0.15) is 10.2 Å². The molecule has 2 aromatic rings. The van der Waals surface area contributed by atoms with Gasteiger partial charge in [-0.15, -0.1) is 11.3 Å². The summed E-state index contributed by atoms with van der Waals surface area (Å²) in [6.45, 7) is 0.0194. The fraction of sp³-hybridized carbons (Fsp3) is 0.214. The van der Waals surface area contributed by atoms with Gasteiger partial charge in [-0.3, -0.25) is 0 Å². The number of thiazole rings is 1. The molecule has 0 fully saturated rings. The van der Waals surface area contributed by atoms with E-state index in [0.717, 1.165) is 9.90 Å². The van der Waals surface area contributed by atoms with E-state index in [4.69, 9.17) is 5.11 Å². The molecule has 1 aromatic carbocycles. The molecule has 2 nitrogen and oxygen atoms in total. The largest absolute Gasteiger partial charge is 0.395 e. The Bertz CT molecular complexity index is 587. The summed E-state index contributed by atoms with van der Waals surface area (Å²) in [4.78, 5) is 4.19. The predicted octanol–water partition coefficient (Wildman–Crippen LogP) is 3.31. The van der Waals surface area contributed by atoms with Crippen LogP contribution in [0.2, 0.25) is 0 Å². The van der Waals surface area contributed by atoms with Gasteiger partial charge >= 0.3 is 0 Å². The summed E-state index contributed by atoms with van der Waals surface area (Å²) in [6, 6.07) is 4.62. The first-order valence-corrected chi connectivity index (χ1v) is 7.56. The van der Waals surface area contributed by atoms with E-state index in [1.165, 1.54) is 12.1 Å². The first-order valence-electron chi connectivity index (χ1n) is 5.70. The van der Waals surface area contributed by atoms with Crippen molar-refractivity contribution < 1.29 is 9.50 Å². The Hall–Kier alpha value is -1.35. The van der Waals surface area contributed by atoms with Crippen molar-refractivity contribution in [3.63, 3.8) is 0 Å². The number of halogens is 1. The molecule has 1 N–H and O–H groups in total.